The Morgan fingerprint density at radius 3 is 2.64 bits per heavy atom. The maximum atomic E-state index is 13.1. The number of rotatable bonds is 3. The van der Waals surface area contributed by atoms with Crippen LogP contribution in [-0.4, -0.2) is 45.8 Å². The minimum atomic E-state index is 0. The molecule has 154 valence electrons. The molecule has 8 heteroatoms. The number of likely N-dealkylation sites (tertiary alicyclic amines) is 1. The zero-order chi connectivity index (χ0) is 17.5. The van der Waals surface area contributed by atoms with Gasteiger partial charge in [0.15, 0.2) is 0 Å². The minimum Gasteiger partial charge on any atom is -0.316 e. The van der Waals surface area contributed by atoms with Crippen LogP contribution in [0.15, 0.2) is 29.2 Å². The summed E-state index contributed by atoms with van der Waals surface area (Å²) in [6.45, 7) is 5.81. The standard InChI is InChI=1S/C20H27N5O.2ClH/c26-20-16(1-2-19-17-9-14(10-21-11-17)12-25(19)20)13-24-7-4-15(5-8-24)18-3-6-22-23-18;;/h1-3,6,14-15,17,21H,4-5,7-13H2,(H,22,23);2*1H/t14-,17+;;/m0../s1. The third-order valence-electron chi connectivity index (χ3n) is 6.53. The van der Waals surface area contributed by atoms with E-state index in [1.54, 1.807) is 0 Å². The Morgan fingerprint density at radius 1 is 1.07 bits per heavy atom. The molecule has 6 nitrogen and oxygen atoms in total. The average Bonchev–Trinajstić information content (AvgIpc) is 3.20. The van der Waals surface area contributed by atoms with E-state index in [0.29, 0.717) is 17.8 Å². The maximum Gasteiger partial charge on any atom is 0.255 e. The van der Waals surface area contributed by atoms with Gasteiger partial charge in [-0.15, -0.1) is 24.8 Å². The van der Waals surface area contributed by atoms with Crippen molar-refractivity contribution in [1.82, 2.24) is 25.0 Å². The van der Waals surface area contributed by atoms with Crippen LogP contribution in [0.25, 0.3) is 0 Å². The maximum absolute atomic E-state index is 13.1. The summed E-state index contributed by atoms with van der Waals surface area (Å²) in [4.78, 5) is 15.5. The summed E-state index contributed by atoms with van der Waals surface area (Å²) < 4.78 is 2.08. The number of hydrogen-bond donors (Lipinski definition) is 2. The van der Waals surface area contributed by atoms with Gasteiger partial charge in [0.25, 0.3) is 5.56 Å². The molecule has 28 heavy (non-hydrogen) atoms. The predicted octanol–water partition coefficient (Wildman–Crippen LogP) is 2.50. The molecule has 0 spiro atoms. The second-order valence-electron chi connectivity index (χ2n) is 8.22. The Morgan fingerprint density at radius 2 is 1.89 bits per heavy atom. The SMILES string of the molecule is Cl.Cl.O=c1c(CN2CCC(c3ccn[nH]3)CC2)ccc2n1C[C@@H]1CNC[C@H]2C1. The van der Waals surface area contributed by atoms with E-state index in [0.717, 1.165) is 57.7 Å². The first-order valence-electron chi connectivity index (χ1n) is 9.93. The summed E-state index contributed by atoms with van der Waals surface area (Å²) in [7, 11) is 0. The molecular formula is C20H29Cl2N5O. The zero-order valence-electron chi connectivity index (χ0n) is 16.0. The van der Waals surface area contributed by atoms with Crippen LogP contribution in [0.4, 0.5) is 0 Å². The summed E-state index contributed by atoms with van der Waals surface area (Å²) in [5.74, 6) is 1.69. The highest BCUT2D eigenvalue weighted by molar-refractivity contribution is 5.85. The molecule has 2 aromatic heterocycles. The van der Waals surface area contributed by atoms with Crippen LogP contribution >= 0.6 is 24.8 Å². The fourth-order valence-corrected chi connectivity index (χ4v) is 5.09. The molecule has 0 unspecified atom stereocenters. The van der Waals surface area contributed by atoms with Crippen molar-refractivity contribution in [3.05, 3.63) is 51.7 Å². The Bertz CT molecular complexity index is 830. The molecule has 2 N–H and O–H groups in total. The molecule has 0 radical (unpaired) electrons. The highest BCUT2D eigenvalue weighted by atomic mass is 35.5. The topological polar surface area (TPSA) is 66.0 Å². The smallest absolute Gasteiger partial charge is 0.255 e. The first kappa shape index (κ1) is 21.4. The molecule has 2 bridgehead atoms. The van der Waals surface area contributed by atoms with Crippen molar-refractivity contribution in [3.8, 4) is 0 Å². The quantitative estimate of drug-likeness (QED) is 0.792. The van der Waals surface area contributed by atoms with Crippen LogP contribution in [0.1, 0.15) is 48.0 Å². The van der Waals surface area contributed by atoms with Gasteiger partial charge in [-0.05, 0) is 56.9 Å². The molecule has 0 aromatic carbocycles. The van der Waals surface area contributed by atoms with E-state index in [1.165, 1.54) is 17.8 Å². The van der Waals surface area contributed by atoms with Crippen LogP contribution in [0.3, 0.4) is 0 Å². The molecule has 2 atom stereocenters. The molecule has 2 saturated heterocycles. The molecule has 0 amide bonds. The lowest BCUT2D eigenvalue weighted by Gasteiger charge is -2.38. The summed E-state index contributed by atoms with van der Waals surface area (Å²) >= 11 is 0. The fraction of sp³-hybridized carbons (Fsp3) is 0.600. The third kappa shape index (κ3) is 4.01. The molecular weight excluding hydrogens is 397 g/mol. The first-order chi connectivity index (χ1) is 12.8. The third-order valence-corrected chi connectivity index (χ3v) is 6.53. The molecule has 3 aliphatic rings. The number of pyridine rings is 1. The van der Waals surface area contributed by atoms with Crippen LogP contribution in [-0.2, 0) is 13.1 Å². The summed E-state index contributed by atoms with van der Waals surface area (Å²) in [6, 6.07) is 6.38. The Labute approximate surface area is 177 Å². The van der Waals surface area contributed by atoms with Crippen molar-refractivity contribution in [2.24, 2.45) is 5.92 Å². The largest absolute Gasteiger partial charge is 0.316 e. The number of hydrogen-bond acceptors (Lipinski definition) is 4. The fourth-order valence-electron chi connectivity index (χ4n) is 5.09. The summed E-state index contributed by atoms with van der Waals surface area (Å²) in [5, 5.41) is 10.7. The van der Waals surface area contributed by atoms with Crippen LogP contribution in [0, 0.1) is 5.92 Å². The lowest BCUT2D eigenvalue weighted by atomic mass is 9.84. The molecule has 5 heterocycles. The van der Waals surface area contributed by atoms with Gasteiger partial charge in [-0.3, -0.25) is 14.8 Å². The number of nitrogens with zero attached hydrogens (tertiary/aromatic N) is 3. The Balaban J connectivity index is 0.00000112. The van der Waals surface area contributed by atoms with Crippen molar-refractivity contribution in [2.45, 2.75) is 44.2 Å². The van der Waals surface area contributed by atoms with Gasteiger partial charge in [-0.2, -0.15) is 5.10 Å². The highest BCUT2D eigenvalue weighted by Gasteiger charge is 2.31. The van der Waals surface area contributed by atoms with Gasteiger partial charge in [0.2, 0.25) is 0 Å². The van der Waals surface area contributed by atoms with Gasteiger partial charge >= 0.3 is 0 Å². The molecule has 0 aliphatic carbocycles. The van der Waals surface area contributed by atoms with E-state index in [4.69, 9.17) is 0 Å². The van der Waals surface area contributed by atoms with Gasteiger partial charge in [-0.1, -0.05) is 6.07 Å². The zero-order valence-corrected chi connectivity index (χ0v) is 17.6. The second-order valence-corrected chi connectivity index (χ2v) is 8.22. The van der Waals surface area contributed by atoms with Gasteiger partial charge in [-0.25, -0.2) is 0 Å². The van der Waals surface area contributed by atoms with Gasteiger partial charge < -0.3 is 9.88 Å². The van der Waals surface area contributed by atoms with Crippen molar-refractivity contribution in [3.63, 3.8) is 0 Å². The van der Waals surface area contributed by atoms with E-state index in [1.807, 2.05) is 6.20 Å². The Hall–Kier alpha value is -1.34. The van der Waals surface area contributed by atoms with E-state index < -0.39 is 0 Å². The second kappa shape index (κ2) is 8.99. The van der Waals surface area contributed by atoms with E-state index >= 15 is 0 Å². The normalized spacial score (nSPS) is 24.7. The van der Waals surface area contributed by atoms with Crippen LogP contribution < -0.4 is 10.9 Å². The summed E-state index contributed by atoms with van der Waals surface area (Å²) in [5.41, 5.74) is 3.69. The number of piperidine rings is 2. The number of fused-ring (bicyclic) bond motifs is 4. The number of halogens is 2. The first-order valence-corrected chi connectivity index (χ1v) is 9.93. The van der Waals surface area contributed by atoms with Gasteiger partial charge in [0.1, 0.15) is 0 Å². The van der Waals surface area contributed by atoms with Gasteiger partial charge in [0.05, 0.1) is 0 Å². The lowest BCUT2D eigenvalue weighted by Crippen LogP contribution is -2.45. The average molecular weight is 426 g/mol. The lowest BCUT2D eigenvalue weighted by molar-refractivity contribution is 0.201. The molecule has 0 saturated carbocycles. The van der Waals surface area contributed by atoms with Crippen molar-refractivity contribution in [1.29, 1.82) is 0 Å². The minimum absolute atomic E-state index is 0. The van der Waals surface area contributed by atoms with E-state index in [-0.39, 0.29) is 30.4 Å². The number of aromatic nitrogens is 3. The van der Waals surface area contributed by atoms with Crippen molar-refractivity contribution in [2.75, 3.05) is 26.2 Å². The number of aromatic amines is 1. The number of nitrogens with one attached hydrogen (secondary N) is 2. The van der Waals surface area contributed by atoms with Crippen LogP contribution in [0.2, 0.25) is 0 Å². The number of H-pyrrole nitrogens is 1. The Kier molecular flexibility index (Phi) is 6.86. The predicted molar refractivity (Wildman–Crippen MR) is 115 cm³/mol. The van der Waals surface area contributed by atoms with Crippen LogP contribution in [0.5, 0.6) is 0 Å². The molecule has 2 fully saturated rings. The highest BCUT2D eigenvalue weighted by Crippen LogP contribution is 2.32. The summed E-state index contributed by atoms with van der Waals surface area (Å²) in [6.07, 6.45) is 5.32. The van der Waals surface area contributed by atoms with E-state index in [2.05, 4.69) is 43.2 Å². The van der Waals surface area contributed by atoms with Crippen molar-refractivity contribution < 1.29 is 0 Å². The van der Waals surface area contributed by atoms with Crippen molar-refractivity contribution >= 4 is 24.8 Å². The van der Waals surface area contributed by atoms with E-state index in [9.17, 15) is 4.79 Å². The van der Waals surface area contributed by atoms with Gasteiger partial charge in [0, 0.05) is 54.6 Å². The molecule has 2 aromatic rings. The molecule has 5 rings (SSSR count). The monoisotopic (exact) mass is 425 g/mol. The molecule has 3 aliphatic heterocycles.